The van der Waals surface area contributed by atoms with Gasteiger partial charge in [-0.3, -0.25) is 9.78 Å². The number of carbonyl (C=O) groups is 1. The number of carbonyl (C=O) groups excluding carboxylic acids is 1. The maximum atomic E-state index is 12.1. The second-order valence-corrected chi connectivity index (χ2v) is 5.78. The molecular weight excluding hydrogens is 290 g/mol. The van der Waals surface area contributed by atoms with Crippen LogP contribution in [0.4, 0.5) is 5.69 Å². The first-order valence-electron chi connectivity index (χ1n) is 7.74. The third-order valence-corrected chi connectivity index (χ3v) is 3.80. The van der Waals surface area contributed by atoms with Crippen LogP contribution in [0.3, 0.4) is 0 Å². The van der Waals surface area contributed by atoms with Crippen LogP contribution in [0.5, 0.6) is 0 Å². The molecule has 1 aromatic carbocycles. The van der Waals surface area contributed by atoms with Crippen LogP contribution >= 0.6 is 0 Å². The Kier molecular flexibility index (Phi) is 6.26. The molecule has 1 heterocycles. The number of nitrogens with zero attached hydrogens (tertiary/aromatic N) is 1. The maximum absolute atomic E-state index is 12.1. The van der Waals surface area contributed by atoms with Gasteiger partial charge in [-0.2, -0.15) is 0 Å². The molecule has 0 saturated heterocycles. The zero-order chi connectivity index (χ0) is 16.7. The Labute approximate surface area is 136 Å². The van der Waals surface area contributed by atoms with Crippen LogP contribution in [-0.4, -0.2) is 28.1 Å². The van der Waals surface area contributed by atoms with Gasteiger partial charge in [0.05, 0.1) is 6.10 Å². The summed E-state index contributed by atoms with van der Waals surface area (Å²) in [5, 5.41) is 13.1. The summed E-state index contributed by atoms with van der Waals surface area (Å²) in [4.78, 5) is 16.0. The lowest BCUT2D eigenvalue weighted by Crippen LogP contribution is -2.39. The second kappa shape index (κ2) is 8.41. The van der Waals surface area contributed by atoms with Gasteiger partial charge in [0.2, 0.25) is 5.91 Å². The zero-order valence-electron chi connectivity index (χ0n) is 13.2. The molecule has 122 valence electrons. The van der Waals surface area contributed by atoms with Gasteiger partial charge in [-0.15, -0.1) is 0 Å². The third-order valence-electron chi connectivity index (χ3n) is 3.80. The molecule has 4 N–H and O–H groups in total. The second-order valence-electron chi connectivity index (χ2n) is 5.78. The van der Waals surface area contributed by atoms with Gasteiger partial charge in [0.1, 0.15) is 0 Å². The molecule has 23 heavy (non-hydrogen) atoms. The van der Waals surface area contributed by atoms with Crippen molar-refractivity contribution >= 4 is 11.6 Å². The highest BCUT2D eigenvalue weighted by molar-refractivity contribution is 5.92. The molecular formula is C18H23N3O2. The van der Waals surface area contributed by atoms with E-state index in [9.17, 15) is 9.90 Å². The topological polar surface area (TPSA) is 88.2 Å². The fraction of sp³-hybridized carbons (Fsp3) is 0.333. The van der Waals surface area contributed by atoms with E-state index in [0.717, 1.165) is 5.56 Å². The molecule has 5 nitrogen and oxygen atoms in total. The van der Waals surface area contributed by atoms with Crippen molar-refractivity contribution in [3.8, 4) is 0 Å². The minimum absolute atomic E-state index is 0.137. The Morgan fingerprint density at radius 3 is 2.52 bits per heavy atom. The number of aliphatic hydroxyl groups excluding tert-OH is 1. The molecule has 2 aromatic rings. The maximum Gasteiger partial charge on any atom is 0.227 e. The molecule has 3 atom stereocenters. The highest BCUT2D eigenvalue weighted by Crippen LogP contribution is 2.14. The molecule has 0 spiro atoms. The zero-order valence-corrected chi connectivity index (χ0v) is 13.2. The van der Waals surface area contributed by atoms with Crippen LogP contribution < -0.4 is 11.1 Å². The highest BCUT2D eigenvalue weighted by atomic mass is 16.3. The lowest BCUT2D eigenvalue weighted by molar-refractivity contribution is -0.120. The lowest BCUT2D eigenvalue weighted by Gasteiger charge is -2.22. The van der Waals surface area contributed by atoms with Crippen LogP contribution in [-0.2, 0) is 11.2 Å². The number of anilines is 1. The number of rotatable bonds is 7. The van der Waals surface area contributed by atoms with E-state index < -0.39 is 12.1 Å². The van der Waals surface area contributed by atoms with Gasteiger partial charge >= 0.3 is 0 Å². The molecule has 0 aliphatic rings. The first kappa shape index (κ1) is 17.1. The number of nitrogens with two attached hydrogens (primary N) is 1. The van der Waals surface area contributed by atoms with Crippen molar-refractivity contribution in [3.63, 3.8) is 0 Å². The number of aliphatic hydroxyl groups is 1. The molecule has 0 aliphatic heterocycles. The van der Waals surface area contributed by atoms with Crippen molar-refractivity contribution in [2.75, 3.05) is 5.32 Å². The fourth-order valence-corrected chi connectivity index (χ4v) is 2.37. The molecule has 1 aromatic heterocycles. The number of amides is 1. The Morgan fingerprint density at radius 1 is 1.22 bits per heavy atom. The molecule has 0 bridgehead atoms. The quantitative estimate of drug-likeness (QED) is 0.729. The van der Waals surface area contributed by atoms with E-state index >= 15 is 0 Å². The monoisotopic (exact) mass is 313 g/mol. The molecule has 0 aliphatic carbocycles. The Bertz CT molecular complexity index is 604. The molecule has 0 fully saturated rings. The van der Waals surface area contributed by atoms with Crippen LogP contribution in [0.2, 0.25) is 0 Å². The predicted octanol–water partition coefficient (Wildman–Crippen LogP) is 1.98. The van der Waals surface area contributed by atoms with E-state index in [0.29, 0.717) is 18.5 Å². The number of hydrogen-bond donors (Lipinski definition) is 3. The summed E-state index contributed by atoms with van der Waals surface area (Å²) >= 11 is 0. The summed E-state index contributed by atoms with van der Waals surface area (Å²) < 4.78 is 0. The highest BCUT2D eigenvalue weighted by Gasteiger charge is 2.22. The van der Waals surface area contributed by atoms with Crippen molar-refractivity contribution in [1.82, 2.24) is 4.98 Å². The average molecular weight is 313 g/mol. The number of pyridine rings is 1. The number of aromatic nitrogens is 1. The van der Waals surface area contributed by atoms with E-state index in [1.54, 1.807) is 31.5 Å². The van der Waals surface area contributed by atoms with Crippen LogP contribution in [0.15, 0.2) is 54.9 Å². The van der Waals surface area contributed by atoms with Crippen molar-refractivity contribution in [1.29, 1.82) is 0 Å². The van der Waals surface area contributed by atoms with E-state index in [2.05, 4.69) is 10.3 Å². The third kappa shape index (κ3) is 5.47. The summed E-state index contributed by atoms with van der Waals surface area (Å²) in [5.74, 6) is -0.470. The Morgan fingerprint density at radius 2 is 1.87 bits per heavy atom. The normalized spacial score (nSPS) is 14.7. The minimum Gasteiger partial charge on any atom is -0.391 e. The van der Waals surface area contributed by atoms with Crippen molar-refractivity contribution in [2.45, 2.75) is 31.9 Å². The van der Waals surface area contributed by atoms with Gasteiger partial charge in [-0.05, 0) is 30.5 Å². The van der Waals surface area contributed by atoms with Crippen LogP contribution in [0, 0.1) is 5.92 Å². The van der Waals surface area contributed by atoms with Gasteiger partial charge in [-0.1, -0.05) is 37.3 Å². The van der Waals surface area contributed by atoms with Crippen molar-refractivity contribution < 1.29 is 9.90 Å². The Balaban J connectivity index is 1.83. The predicted molar refractivity (Wildman–Crippen MR) is 90.8 cm³/mol. The minimum atomic E-state index is -0.728. The summed E-state index contributed by atoms with van der Waals surface area (Å²) in [6.45, 7) is 1.79. The first-order valence-corrected chi connectivity index (χ1v) is 7.74. The largest absolute Gasteiger partial charge is 0.391 e. The molecule has 0 saturated carbocycles. The van der Waals surface area contributed by atoms with E-state index in [1.807, 2.05) is 30.3 Å². The molecule has 2 rings (SSSR count). The summed E-state index contributed by atoms with van der Waals surface area (Å²) in [6.07, 6.45) is 3.41. The van der Waals surface area contributed by atoms with E-state index in [4.69, 9.17) is 5.73 Å². The standard InChI is InChI=1S/C18H23N3O2/c1-13(18(23)21-15-7-9-20-10-8-15)11-17(22)16(19)12-14-5-3-2-4-6-14/h2-10,13,16-17,22H,11-12,19H2,1H3,(H,20,21,23)/t13-,16+,17+/m1/s1. The summed E-state index contributed by atoms with van der Waals surface area (Å²) in [7, 11) is 0. The van der Waals surface area contributed by atoms with Crippen LogP contribution in [0.1, 0.15) is 18.9 Å². The molecule has 0 unspecified atom stereocenters. The van der Waals surface area contributed by atoms with Gasteiger partial charge < -0.3 is 16.2 Å². The molecule has 5 heteroatoms. The smallest absolute Gasteiger partial charge is 0.227 e. The summed E-state index contributed by atoms with van der Waals surface area (Å²) in [6, 6.07) is 12.8. The molecule has 0 radical (unpaired) electrons. The molecule has 1 amide bonds. The van der Waals surface area contributed by atoms with Gasteiger partial charge in [0.15, 0.2) is 0 Å². The SMILES string of the molecule is C[C@H](C[C@H](O)[C@@H](N)Cc1ccccc1)C(=O)Nc1ccncc1. The van der Waals surface area contributed by atoms with E-state index in [-0.39, 0.29) is 11.8 Å². The van der Waals surface area contributed by atoms with Crippen molar-refractivity contribution in [3.05, 3.63) is 60.4 Å². The van der Waals surface area contributed by atoms with Crippen molar-refractivity contribution in [2.24, 2.45) is 11.7 Å². The number of hydrogen-bond acceptors (Lipinski definition) is 4. The first-order chi connectivity index (χ1) is 11.1. The van der Waals surface area contributed by atoms with Gasteiger partial charge in [-0.25, -0.2) is 0 Å². The van der Waals surface area contributed by atoms with Gasteiger partial charge in [0, 0.05) is 30.0 Å². The Hall–Kier alpha value is -2.24. The average Bonchev–Trinajstić information content (AvgIpc) is 2.56. The summed E-state index contributed by atoms with van der Waals surface area (Å²) in [5.41, 5.74) is 7.83. The van der Waals surface area contributed by atoms with Crippen LogP contribution in [0.25, 0.3) is 0 Å². The van der Waals surface area contributed by atoms with E-state index in [1.165, 1.54) is 0 Å². The fourth-order valence-electron chi connectivity index (χ4n) is 2.37. The van der Waals surface area contributed by atoms with Gasteiger partial charge in [0.25, 0.3) is 0 Å². The lowest BCUT2D eigenvalue weighted by atomic mass is 9.94. The number of nitrogens with one attached hydrogen (secondary N) is 1. The number of benzene rings is 1.